The zero-order valence-corrected chi connectivity index (χ0v) is 14.9. The summed E-state index contributed by atoms with van der Waals surface area (Å²) in [5.41, 5.74) is 6.68. The monoisotopic (exact) mass is 362 g/mol. The van der Waals surface area contributed by atoms with Crippen LogP contribution in [0.15, 0.2) is 12.1 Å². The molecule has 0 saturated heterocycles. The second-order valence-corrected chi connectivity index (χ2v) is 5.90. The van der Waals surface area contributed by atoms with Gasteiger partial charge in [0.25, 0.3) is 0 Å². The van der Waals surface area contributed by atoms with Gasteiger partial charge in [-0.05, 0) is 24.5 Å². The molecule has 1 aromatic rings. The van der Waals surface area contributed by atoms with E-state index in [0.717, 1.165) is 11.3 Å². The topological polar surface area (TPSA) is 82.8 Å². The number of rotatable bonds is 7. The van der Waals surface area contributed by atoms with Crippen LogP contribution in [-0.4, -0.2) is 44.3 Å². The van der Waals surface area contributed by atoms with Crippen molar-refractivity contribution in [3.05, 3.63) is 17.7 Å². The molecule has 3 N–H and O–H groups in total. The van der Waals surface area contributed by atoms with Crippen LogP contribution < -0.4 is 25.3 Å². The Labute approximate surface area is 146 Å². The van der Waals surface area contributed by atoms with Crippen LogP contribution in [0, 0.1) is 0 Å². The number of halogens is 1. The summed E-state index contributed by atoms with van der Waals surface area (Å²) in [6.07, 6.45) is 2.65. The van der Waals surface area contributed by atoms with Crippen molar-refractivity contribution in [2.45, 2.75) is 19.0 Å². The number of fused-ring (bicyclic) bond motifs is 1. The van der Waals surface area contributed by atoms with Crippen molar-refractivity contribution in [1.29, 1.82) is 0 Å². The van der Waals surface area contributed by atoms with Gasteiger partial charge in [0.1, 0.15) is 19.0 Å². The molecule has 1 aromatic carbocycles. The number of thioether (sulfide) groups is 1. The van der Waals surface area contributed by atoms with Gasteiger partial charge in [-0.25, -0.2) is 0 Å². The standard InChI is InChI=1S/C15H22N2O4S.ClH/c1-19-12-8-14-13(20-4-5-21-14)7-10(12)9-17-15(18)11(16)3-6-22-2;/h7-8,11H,3-6,9,16H2,1-2H3,(H,17,18);1H/t11-;/m0./s1. The molecule has 0 bridgehead atoms. The van der Waals surface area contributed by atoms with E-state index >= 15 is 0 Å². The van der Waals surface area contributed by atoms with Crippen molar-refractivity contribution in [3.63, 3.8) is 0 Å². The molecule has 23 heavy (non-hydrogen) atoms. The normalized spacial score (nSPS) is 13.7. The van der Waals surface area contributed by atoms with Crippen molar-refractivity contribution in [1.82, 2.24) is 5.32 Å². The molecule has 6 nitrogen and oxygen atoms in total. The highest BCUT2D eigenvalue weighted by Gasteiger charge is 2.18. The first kappa shape index (κ1) is 19.7. The largest absolute Gasteiger partial charge is 0.496 e. The van der Waals surface area contributed by atoms with Crippen molar-refractivity contribution in [3.8, 4) is 17.2 Å². The minimum Gasteiger partial charge on any atom is -0.496 e. The molecule has 0 radical (unpaired) electrons. The molecular weight excluding hydrogens is 340 g/mol. The Hall–Kier alpha value is -1.31. The third-order valence-corrected chi connectivity index (χ3v) is 4.01. The molecule has 1 aliphatic heterocycles. The fourth-order valence-electron chi connectivity index (χ4n) is 2.13. The quantitative estimate of drug-likeness (QED) is 0.766. The van der Waals surface area contributed by atoms with E-state index in [1.54, 1.807) is 24.9 Å². The first-order chi connectivity index (χ1) is 10.7. The molecule has 0 unspecified atom stereocenters. The summed E-state index contributed by atoms with van der Waals surface area (Å²) in [7, 11) is 1.58. The number of carbonyl (C=O) groups excluding carboxylic acids is 1. The van der Waals surface area contributed by atoms with Gasteiger partial charge in [-0.1, -0.05) is 0 Å². The third kappa shape index (κ3) is 5.37. The molecule has 0 aliphatic carbocycles. The van der Waals surface area contributed by atoms with Gasteiger partial charge in [0.05, 0.1) is 13.2 Å². The van der Waals surface area contributed by atoms with Gasteiger partial charge in [0.15, 0.2) is 11.5 Å². The first-order valence-corrected chi connectivity index (χ1v) is 8.53. The van der Waals surface area contributed by atoms with Crippen LogP contribution in [0.1, 0.15) is 12.0 Å². The molecule has 8 heteroatoms. The lowest BCUT2D eigenvalue weighted by atomic mass is 10.1. The zero-order chi connectivity index (χ0) is 15.9. The van der Waals surface area contributed by atoms with Gasteiger partial charge in [0.2, 0.25) is 5.91 Å². The average Bonchev–Trinajstić information content (AvgIpc) is 2.56. The summed E-state index contributed by atoms with van der Waals surface area (Å²) < 4.78 is 16.4. The summed E-state index contributed by atoms with van der Waals surface area (Å²) in [5.74, 6) is 2.69. The Balaban J connectivity index is 0.00000264. The SMILES string of the molecule is COc1cc2c(cc1CNC(=O)[C@@H](N)CCSC)OCCO2.Cl. The molecule has 0 spiro atoms. The molecule has 0 saturated carbocycles. The van der Waals surface area contributed by atoms with Gasteiger partial charge in [-0.15, -0.1) is 12.4 Å². The van der Waals surface area contributed by atoms with Crippen molar-refractivity contribution < 1.29 is 19.0 Å². The number of nitrogens with two attached hydrogens (primary N) is 1. The zero-order valence-electron chi connectivity index (χ0n) is 13.3. The number of ether oxygens (including phenoxy) is 3. The molecule has 130 valence electrons. The molecule has 1 heterocycles. The highest BCUT2D eigenvalue weighted by Crippen LogP contribution is 2.36. The maximum absolute atomic E-state index is 12.0. The fourth-order valence-corrected chi connectivity index (χ4v) is 2.62. The highest BCUT2D eigenvalue weighted by atomic mass is 35.5. The van der Waals surface area contributed by atoms with Crippen LogP contribution in [0.25, 0.3) is 0 Å². The highest BCUT2D eigenvalue weighted by molar-refractivity contribution is 7.98. The lowest BCUT2D eigenvalue weighted by Gasteiger charge is -2.21. The number of methoxy groups -OCH3 is 1. The summed E-state index contributed by atoms with van der Waals surface area (Å²) in [5, 5.41) is 2.84. The molecule has 2 rings (SSSR count). The van der Waals surface area contributed by atoms with E-state index in [1.807, 2.05) is 12.3 Å². The predicted octanol–water partition coefficient (Wildman–Crippen LogP) is 1.58. The second-order valence-electron chi connectivity index (χ2n) is 4.91. The average molecular weight is 363 g/mol. The summed E-state index contributed by atoms with van der Waals surface area (Å²) >= 11 is 1.67. The minimum absolute atomic E-state index is 0. The summed E-state index contributed by atoms with van der Waals surface area (Å²) in [6.45, 7) is 1.38. The molecule has 1 amide bonds. The van der Waals surface area contributed by atoms with Crippen LogP contribution in [-0.2, 0) is 11.3 Å². The minimum atomic E-state index is -0.490. The summed E-state index contributed by atoms with van der Waals surface area (Å²) in [4.78, 5) is 12.0. The maximum atomic E-state index is 12.0. The van der Waals surface area contributed by atoms with Crippen LogP contribution in [0.4, 0.5) is 0 Å². The molecule has 1 aliphatic rings. The molecular formula is C15H23ClN2O4S. The number of benzene rings is 1. The number of hydrogen-bond acceptors (Lipinski definition) is 6. The number of carbonyl (C=O) groups is 1. The van der Waals surface area contributed by atoms with Gasteiger partial charge in [0, 0.05) is 18.2 Å². The van der Waals surface area contributed by atoms with Crippen LogP contribution in [0.2, 0.25) is 0 Å². The van der Waals surface area contributed by atoms with E-state index in [1.165, 1.54) is 0 Å². The van der Waals surface area contributed by atoms with Gasteiger partial charge < -0.3 is 25.3 Å². The third-order valence-electron chi connectivity index (χ3n) is 3.37. The van der Waals surface area contributed by atoms with E-state index in [9.17, 15) is 4.79 Å². The Kier molecular flexibility index (Phi) is 8.36. The van der Waals surface area contributed by atoms with Crippen LogP contribution in [0.5, 0.6) is 17.2 Å². The van der Waals surface area contributed by atoms with Gasteiger partial charge >= 0.3 is 0 Å². The number of hydrogen-bond donors (Lipinski definition) is 2. The smallest absolute Gasteiger partial charge is 0.237 e. The Morgan fingerprint density at radius 1 is 1.39 bits per heavy atom. The first-order valence-electron chi connectivity index (χ1n) is 7.14. The lowest BCUT2D eigenvalue weighted by Crippen LogP contribution is -2.40. The molecule has 0 aromatic heterocycles. The Morgan fingerprint density at radius 2 is 2.04 bits per heavy atom. The van der Waals surface area contributed by atoms with E-state index < -0.39 is 6.04 Å². The van der Waals surface area contributed by atoms with Gasteiger partial charge in [-0.2, -0.15) is 11.8 Å². The van der Waals surface area contributed by atoms with E-state index in [0.29, 0.717) is 43.4 Å². The van der Waals surface area contributed by atoms with Gasteiger partial charge in [-0.3, -0.25) is 4.79 Å². The lowest BCUT2D eigenvalue weighted by molar-refractivity contribution is -0.122. The number of nitrogens with one attached hydrogen (secondary N) is 1. The van der Waals surface area contributed by atoms with Crippen molar-refractivity contribution >= 4 is 30.1 Å². The van der Waals surface area contributed by atoms with Crippen LogP contribution >= 0.6 is 24.2 Å². The molecule has 1 atom stereocenters. The van der Waals surface area contributed by atoms with E-state index in [-0.39, 0.29) is 18.3 Å². The summed E-state index contributed by atoms with van der Waals surface area (Å²) in [6, 6.07) is 3.13. The van der Waals surface area contributed by atoms with E-state index in [2.05, 4.69) is 5.32 Å². The maximum Gasteiger partial charge on any atom is 0.237 e. The van der Waals surface area contributed by atoms with Crippen LogP contribution in [0.3, 0.4) is 0 Å². The second kappa shape index (κ2) is 9.75. The Bertz CT molecular complexity index is 530. The molecule has 0 fully saturated rings. The van der Waals surface area contributed by atoms with Crippen molar-refractivity contribution in [2.24, 2.45) is 5.73 Å². The number of amides is 1. The Morgan fingerprint density at radius 3 is 2.65 bits per heavy atom. The van der Waals surface area contributed by atoms with Crippen molar-refractivity contribution in [2.75, 3.05) is 32.3 Å². The fraction of sp³-hybridized carbons (Fsp3) is 0.533. The predicted molar refractivity (Wildman–Crippen MR) is 94.1 cm³/mol. The van der Waals surface area contributed by atoms with E-state index in [4.69, 9.17) is 19.9 Å².